The van der Waals surface area contributed by atoms with E-state index in [-0.39, 0.29) is 11.8 Å². The standard InChI is InChI=1S/C13H14N2O/c1-11(16)9-13(15-8-7-14-10-15)12-5-3-2-4-6-12/h2-8,10,13H,9H2,1H3. The molecule has 82 valence electrons. The molecule has 0 bridgehead atoms. The molecule has 0 spiro atoms. The molecule has 0 fully saturated rings. The van der Waals surface area contributed by atoms with Crippen LogP contribution in [0.2, 0.25) is 0 Å². The number of aromatic nitrogens is 2. The van der Waals surface area contributed by atoms with Crippen LogP contribution in [0.4, 0.5) is 0 Å². The second-order valence-corrected chi connectivity index (χ2v) is 3.84. The maximum Gasteiger partial charge on any atom is 0.132 e. The zero-order valence-corrected chi connectivity index (χ0v) is 9.21. The van der Waals surface area contributed by atoms with E-state index in [1.54, 1.807) is 19.4 Å². The molecule has 0 saturated carbocycles. The Labute approximate surface area is 94.7 Å². The topological polar surface area (TPSA) is 34.9 Å². The Hall–Kier alpha value is -1.90. The zero-order chi connectivity index (χ0) is 11.4. The fraction of sp³-hybridized carbons (Fsp3) is 0.231. The van der Waals surface area contributed by atoms with Crippen molar-refractivity contribution >= 4 is 5.78 Å². The number of carbonyl (C=O) groups excluding carboxylic acids is 1. The van der Waals surface area contributed by atoms with Crippen molar-refractivity contribution in [2.24, 2.45) is 0 Å². The fourth-order valence-electron chi connectivity index (χ4n) is 1.80. The number of carbonyl (C=O) groups is 1. The average Bonchev–Trinajstić information content (AvgIpc) is 2.80. The van der Waals surface area contributed by atoms with E-state index < -0.39 is 0 Å². The van der Waals surface area contributed by atoms with Crippen LogP contribution in [0.1, 0.15) is 24.9 Å². The van der Waals surface area contributed by atoms with Gasteiger partial charge in [0.05, 0.1) is 12.4 Å². The van der Waals surface area contributed by atoms with Gasteiger partial charge in [0.15, 0.2) is 0 Å². The van der Waals surface area contributed by atoms with E-state index in [0.717, 1.165) is 5.56 Å². The summed E-state index contributed by atoms with van der Waals surface area (Å²) in [5.41, 5.74) is 1.13. The van der Waals surface area contributed by atoms with E-state index in [0.29, 0.717) is 6.42 Å². The molecule has 0 aliphatic heterocycles. The maximum atomic E-state index is 11.3. The summed E-state index contributed by atoms with van der Waals surface area (Å²) < 4.78 is 1.97. The lowest BCUT2D eigenvalue weighted by molar-refractivity contribution is -0.117. The highest BCUT2D eigenvalue weighted by atomic mass is 16.1. The van der Waals surface area contributed by atoms with Crippen LogP contribution in [0.3, 0.4) is 0 Å². The Morgan fingerprint density at radius 3 is 2.69 bits per heavy atom. The molecule has 1 unspecified atom stereocenters. The number of imidazole rings is 1. The van der Waals surface area contributed by atoms with E-state index in [1.807, 2.05) is 41.1 Å². The molecule has 3 nitrogen and oxygen atoms in total. The number of hydrogen-bond acceptors (Lipinski definition) is 2. The molecule has 2 rings (SSSR count). The van der Waals surface area contributed by atoms with Crippen LogP contribution in [0.25, 0.3) is 0 Å². The highest BCUT2D eigenvalue weighted by Gasteiger charge is 2.14. The summed E-state index contributed by atoms with van der Waals surface area (Å²) in [6.07, 6.45) is 5.87. The molecule has 0 aliphatic rings. The minimum atomic E-state index is 0.0567. The second kappa shape index (κ2) is 4.75. The molecule has 0 saturated heterocycles. The molecule has 0 aliphatic carbocycles. The second-order valence-electron chi connectivity index (χ2n) is 3.84. The number of rotatable bonds is 4. The van der Waals surface area contributed by atoms with Gasteiger partial charge in [-0.25, -0.2) is 4.98 Å². The molecular formula is C13H14N2O. The van der Waals surface area contributed by atoms with E-state index >= 15 is 0 Å². The number of benzene rings is 1. The highest BCUT2D eigenvalue weighted by molar-refractivity contribution is 5.76. The third-order valence-electron chi connectivity index (χ3n) is 2.55. The third-order valence-corrected chi connectivity index (χ3v) is 2.55. The zero-order valence-electron chi connectivity index (χ0n) is 9.21. The van der Waals surface area contributed by atoms with Gasteiger partial charge in [0.25, 0.3) is 0 Å². The SMILES string of the molecule is CC(=O)CC(c1ccccc1)n1ccnc1. The first-order chi connectivity index (χ1) is 7.77. The molecule has 0 N–H and O–H groups in total. The number of ketones is 1. The lowest BCUT2D eigenvalue weighted by Gasteiger charge is -2.17. The molecule has 1 heterocycles. The summed E-state index contributed by atoms with van der Waals surface area (Å²) in [5.74, 6) is 0.183. The Kier molecular flexibility index (Phi) is 3.15. The van der Waals surface area contributed by atoms with Crippen molar-refractivity contribution in [3.8, 4) is 0 Å². The molecule has 2 aromatic rings. The first-order valence-corrected chi connectivity index (χ1v) is 5.29. The molecule has 0 radical (unpaired) electrons. The monoisotopic (exact) mass is 214 g/mol. The number of nitrogens with zero attached hydrogens (tertiary/aromatic N) is 2. The van der Waals surface area contributed by atoms with Crippen molar-refractivity contribution in [1.82, 2.24) is 9.55 Å². The van der Waals surface area contributed by atoms with Crippen LogP contribution in [-0.2, 0) is 4.79 Å². The van der Waals surface area contributed by atoms with Crippen molar-refractivity contribution in [1.29, 1.82) is 0 Å². The van der Waals surface area contributed by atoms with Crippen molar-refractivity contribution in [3.05, 3.63) is 54.6 Å². The van der Waals surface area contributed by atoms with Gasteiger partial charge in [-0.3, -0.25) is 4.79 Å². The summed E-state index contributed by atoms with van der Waals surface area (Å²) >= 11 is 0. The van der Waals surface area contributed by atoms with Crippen molar-refractivity contribution in [2.45, 2.75) is 19.4 Å². The van der Waals surface area contributed by atoms with Gasteiger partial charge >= 0.3 is 0 Å². The van der Waals surface area contributed by atoms with Crippen LogP contribution in [0, 0.1) is 0 Å². The summed E-state index contributed by atoms with van der Waals surface area (Å²) in [5, 5.41) is 0. The van der Waals surface area contributed by atoms with Gasteiger partial charge < -0.3 is 4.57 Å². The van der Waals surface area contributed by atoms with Gasteiger partial charge in [-0.15, -0.1) is 0 Å². The normalized spacial score (nSPS) is 12.3. The van der Waals surface area contributed by atoms with Crippen LogP contribution < -0.4 is 0 Å². The average molecular weight is 214 g/mol. The van der Waals surface area contributed by atoms with Gasteiger partial charge in [-0.1, -0.05) is 30.3 Å². The van der Waals surface area contributed by atoms with E-state index in [9.17, 15) is 4.79 Å². The molecule has 16 heavy (non-hydrogen) atoms. The van der Waals surface area contributed by atoms with Gasteiger partial charge in [0, 0.05) is 18.8 Å². The fourth-order valence-corrected chi connectivity index (χ4v) is 1.80. The minimum Gasteiger partial charge on any atom is -0.330 e. The molecule has 0 amide bonds. The Morgan fingerprint density at radius 2 is 2.12 bits per heavy atom. The van der Waals surface area contributed by atoms with Crippen LogP contribution in [-0.4, -0.2) is 15.3 Å². The van der Waals surface area contributed by atoms with Gasteiger partial charge in [-0.2, -0.15) is 0 Å². The van der Waals surface area contributed by atoms with Crippen LogP contribution in [0.5, 0.6) is 0 Å². The summed E-state index contributed by atoms with van der Waals surface area (Å²) in [6.45, 7) is 1.62. The summed E-state index contributed by atoms with van der Waals surface area (Å²) in [6, 6.07) is 10.1. The van der Waals surface area contributed by atoms with Gasteiger partial charge in [-0.05, 0) is 12.5 Å². The van der Waals surface area contributed by atoms with E-state index in [4.69, 9.17) is 0 Å². The van der Waals surface area contributed by atoms with Crippen LogP contribution >= 0.6 is 0 Å². The Morgan fingerprint density at radius 1 is 1.38 bits per heavy atom. The van der Waals surface area contributed by atoms with Crippen LogP contribution in [0.15, 0.2) is 49.1 Å². The van der Waals surface area contributed by atoms with E-state index in [1.165, 1.54) is 0 Å². The largest absolute Gasteiger partial charge is 0.330 e. The Bertz CT molecular complexity index is 448. The molecule has 1 aromatic carbocycles. The minimum absolute atomic E-state index is 0.0567. The van der Waals surface area contributed by atoms with Gasteiger partial charge in [0.1, 0.15) is 5.78 Å². The molecule has 1 atom stereocenters. The Balaban J connectivity index is 2.32. The predicted octanol–water partition coefficient (Wildman–Crippen LogP) is 2.45. The molecule has 3 heteroatoms. The highest BCUT2D eigenvalue weighted by Crippen LogP contribution is 2.21. The quantitative estimate of drug-likeness (QED) is 0.783. The maximum absolute atomic E-state index is 11.3. The first-order valence-electron chi connectivity index (χ1n) is 5.29. The van der Waals surface area contributed by atoms with Crippen molar-refractivity contribution in [3.63, 3.8) is 0 Å². The summed E-state index contributed by atoms with van der Waals surface area (Å²) in [4.78, 5) is 15.3. The number of Topliss-reactive ketones (excluding diaryl/α,β-unsaturated/α-hetero) is 1. The smallest absolute Gasteiger partial charge is 0.132 e. The lowest BCUT2D eigenvalue weighted by atomic mass is 10.0. The van der Waals surface area contributed by atoms with E-state index in [2.05, 4.69) is 4.98 Å². The molecular weight excluding hydrogens is 200 g/mol. The van der Waals surface area contributed by atoms with Gasteiger partial charge in [0.2, 0.25) is 0 Å². The first kappa shape index (κ1) is 10.6. The number of hydrogen-bond donors (Lipinski definition) is 0. The van der Waals surface area contributed by atoms with Crippen molar-refractivity contribution < 1.29 is 4.79 Å². The lowest BCUT2D eigenvalue weighted by Crippen LogP contribution is -2.12. The molecule has 1 aromatic heterocycles. The predicted molar refractivity (Wildman–Crippen MR) is 62.1 cm³/mol. The van der Waals surface area contributed by atoms with Crippen molar-refractivity contribution in [2.75, 3.05) is 0 Å². The third kappa shape index (κ3) is 2.37. The summed E-state index contributed by atoms with van der Waals surface area (Å²) in [7, 11) is 0.